The Morgan fingerprint density at radius 1 is 1.50 bits per heavy atom. The highest BCUT2D eigenvalue weighted by atomic mass is 16.5. The summed E-state index contributed by atoms with van der Waals surface area (Å²) in [5.41, 5.74) is 8.21. The molecule has 2 N–H and O–H groups in total. The Morgan fingerprint density at radius 2 is 2.38 bits per heavy atom. The van der Waals surface area contributed by atoms with Gasteiger partial charge < -0.3 is 15.0 Å². The molecule has 1 atom stereocenters. The number of hydrogen-bond acceptors (Lipinski definition) is 2. The number of rotatable bonds is 2. The van der Waals surface area contributed by atoms with Gasteiger partial charge in [-0.1, -0.05) is 12.1 Å². The number of ether oxygens (including phenoxy) is 1. The van der Waals surface area contributed by atoms with Crippen molar-refractivity contribution in [2.24, 2.45) is 5.73 Å². The van der Waals surface area contributed by atoms with E-state index in [9.17, 15) is 0 Å². The first-order valence-electron chi connectivity index (χ1n) is 5.76. The number of hydrogen-bond donors (Lipinski definition) is 1. The lowest BCUT2D eigenvalue weighted by molar-refractivity contribution is 0.248. The zero-order valence-corrected chi connectivity index (χ0v) is 9.44. The molecular weight excluding hydrogens is 200 g/mol. The molecule has 1 unspecified atom stereocenters. The third-order valence-electron chi connectivity index (χ3n) is 3.27. The van der Waals surface area contributed by atoms with Gasteiger partial charge >= 0.3 is 0 Å². The SMILES string of the molecule is CC1COc2cccc3c(CCN)cn1c23. The third-order valence-corrected chi connectivity index (χ3v) is 3.27. The molecule has 1 aromatic heterocycles. The van der Waals surface area contributed by atoms with Crippen LogP contribution in [0.25, 0.3) is 10.9 Å². The minimum absolute atomic E-state index is 0.406. The zero-order chi connectivity index (χ0) is 11.1. The second-order valence-corrected chi connectivity index (χ2v) is 4.41. The topological polar surface area (TPSA) is 40.2 Å². The first kappa shape index (κ1) is 9.73. The molecule has 1 aromatic carbocycles. The highest BCUT2D eigenvalue weighted by Crippen LogP contribution is 2.35. The van der Waals surface area contributed by atoms with E-state index in [2.05, 4.69) is 29.8 Å². The molecule has 1 aliphatic heterocycles. The summed E-state index contributed by atoms with van der Waals surface area (Å²) >= 11 is 0. The van der Waals surface area contributed by atoms with Crippen LogP contribution in [0.2, 0.25) is 0 Å². The molecule has 0 bridgehead atoms. The van der Waals surface area contributed by atoms with Crippen molar-refractivity contribution in [1.29, 1.82) is 0 Å². The number of aromatic nitrogens is 1. The lowest BCUT2D eigenvalue weighted by Gasteiger charge is -2.23. The van der Waals surface area contributed by atoms with Gasteiger partial charge in [-0.2, -0.15) is 0 Å². The predicted octanol–water partition coefficient (Wildman–Crippen LogP) is 2.10. The highest BCUT2D eigenvalue weighted by molar-refractivity contribution is 5.89. The lowest BCUT2D eigenvalue weighted by atomic mass is 10.1. The first-order chi connectivity index (χ1) is 7.81. The van der Waals surface area contributed by atoms with Crippen molar-refractivity contribution in [3.05, 3.63) is 30.0 Å². The normalized spacial score (nSPS) is 18.8. The fraction of sp³-hybridized carbons (Fsp3) is 0.385. The van der Waals surface area contributed by atoms with Crippen LogP contribution in [-0.4, -0.2) is 17.7 Å². The van der Waals surface area contributed by atoms with Crippen LogP contribution in [0.1, 0.15) is 18.5 Å². The van der Waals surface area contributed by atoms with E-state index in [1.54, 1.807) is 0 Å². The summed E-state index contributed by atoms with van der Waals surface area (Å²) in [7, 11) is 0. The maximum Gasteiger partial charge on any atom is 0.143 e. The lowest BCUT2D eigenvalue weighted by Crippen LogP contribution is -2.18. The molecule has 1 aliphatic rings. The maximum atomic E-state index is 5.75. The summed E-state index contributed by atoms with van der Waals surface area (Å²) in [6.45, 7) is 3.63. The van der Waals surface area contributed by atoms with Crippen LogP contribution in [-0.2, 0) is 6.42 Å². The largest absolute Gasteiger partial charge is 0.489 e. The molecule has 0 saturated carbocycles. The first-order valence-corrected chi connectivity index (χ1v) is 5.76. The van der Waals surface area contributed by atoms with Gasteiger partial charge in [-0.05, 0) is 31.5 Å². The Morgan fingerprint density at radius 3 is 3.19 bits per heavy atom. The fourth-order valence-electron chi connectivity index (χ4n) is 2.46. The molecule has 84 valence electrons. The average molecular weight is 216 g/mol. The van der Waals surface area contributed by atoms with E-state index in [1.807, 2.05) is 6.07 Å². The van der Waals surface area contributed by atoms with E-state index >= 15 is 0 Å². The molecule has 0 radical (unpaired) electrons. The number of nitrogens with zero attached hydrogens (tertiary/aromatic N) is 1. The minimum Gasteiger partial charge on any atom is -0.489 e. The summed E-state index contributed by atoms with van der Waals surface area (Å²) in [6.07, 6.45) is 3.16. The van der Waals surface area contributed by atoms with Crippen molar-refractivity contribution in [2.75, 3.05) is 13.2 Å². The molecule has 16 heavy (non-hydrogen) atoms. The van der Waals surface area contributed by atoms with E-state index in [1.165, 1.54) is 16.5 Å². The second kappa shape index (κ2) is 3.52. The van der Waals surface area contributed by atoms with E-state index in [0.29, 0.717) is 12.6 Å². The summed E-state index contributed by atoms with van der Waals surface area (Å²) < 4.78 is 8.07. The third kappa shape index (κ3) is 1.25. The molecule has 3 heteroatoms. The van der Waals surface area contributed by atoms with Crippen LogP contribution >= 0.6 is 0 Å². The highest BCUT2D eigenvalue weighted by Gasteiger charge is 2.20. The van der Waals surface area contributed by atoms with Crippen molar-refractivity contribution in [1.82, 2.24) is 4.57 Å². The maximum absolute atomic E-state index is 5.75. The molecule has 0 amide bonds. The second-order valence-electron chi connectivity index (χ2n) is 4.41. The quantitative estimate of drug-likeness (QED) is 0.835. The molecule has 2 aromatic rings. The van der Waals surface area contributed by atoms with Crippen LogP contribution in [0.3, 0.4) is 0 Å². The minimum atomic E-state index is 0.406. The van der Waals surface area contributed by atoms with Crippen LogP contribution < -0.4 is 10.5 Å². The van der Waals surface area contributed by atoms with Crippen molar-refractivity contribution in [2.45, 2.75) is 19.4 Å². The van der Waals surface area contributed by atoms with E-state index in [4.69, 9.17) is 10.5 Å². The standard InChI is InChI=1S/C13H16N2O/c1-9-8-16-12-4-2-3-11-10(5-6-14)7-15(9)13(11)12/h2-4,7,9H,5-6,8,14H2,1H3. The van der Waals surface area contributed by atoms with Crippen LogP contribution in [0.15, 0.2) is 24.4 Å². The summed E-state index contributed by atoms with van der Waals surface area (Å²) in [5.74, 6) is 0.999. The van der Waals surface area contributed by atoms with Gasteiger partial charge in [0.15, 0.2) is 0 Å². The van der Waals surface area contributed by atoms with Gasteiger partial charge in [-0.15, -0.1) is 0 Å². The predicted molar refractivity (Wildman–Crippen MR) is 64.9 cm³/mol. The smallest absolute Gasteiger partial charge is 0.143 e. The molecular formula is C13H16N2O. The Balaban J connectivity index is 2.30. The van der Waals surface area contributed by atoms with E-state index < -0.39 is 0 Å². The van der Waals surface area contributed by atoms with Gasteiger partial charge in [0.2, 0.25) is 0 Å². The molecule has 0 fully saturated rings. The van der Waals surface area contributed by atoms with Gasteiger partial charge in [-0.25, -0.2) is 0 Å². The van der Waals surface area contributed by atoms with Crippen molar-refractivity contribution in [3.63, 3.8) is 0 Å². The van der Waals surface area contributed by atoms with E-state index in [0.717, 1.165) is 18.8 Å². The average Bonchev–Trinajstić information content (AvgIpc) is 2.66. The van der Waals surface area contributed by atoms with Crippen molar-refractivity contribution in [3.8, 4) is 5.75 Å². The number of para-hydroxylation sites is 1. The fourth-order valence-corrected chi connectivity index (χ4v) is 2.46. The van der Waals surface area contributed by atoms with E-state index in [-0.39, 0.29) is 0 Å². The Labute approximate surface area is 94.8 Å². The Hall–Kier alpha value is -1.48. The molecule has 0 saturated heterocycles. The number of benzene rings is 1. The molecule has 3 rings (SSSR count). The molecule has 0 aliphatic carbocycles. The van der Waals surface area contributed by atoms with Crippen LogP contribution in [0, 0.1) is 0 Å². The van der Waals surface area contributed by atoms with Gasteiger partial charge in [0.05, 0.1) is 11.6 Å². The zero-order valence-electron chi connectivity index (χ0n) is 9.44. The number of nitrogens with two attached hydrogens (primary N) is 1. The molecule has 0 spiro atoms. The summed E-state index contributed by atoms with van der Waals surface area (Å²) in [4.78, 5) is 0. The Bertz CT molecular complexity index is 530. The van der Waals surface area contributed by atoms with Gasteiger partial charge in [-0.3, -0.25) is 0 Å². The monoisotopic (exact) mass is 216 g/mol. The molecule has 3 nitrogen and oxygen atoms in total. The van der Waals surface area contributed by atoms with Crippen molar-refractivity contribution >= 4 is 10.9 Å². The van der Waals surface area contributed by atoms with Crippen molar-refractivity contribution < 1.29 is 4.74 Å². The Kier molecular flexibility index (Phi) is 2.14. The van der Waals surface area contributed by atoms with Gasteiger partial charge in [0.1, 0.15) is 12.4 Å². The molecule has 2 heterocycles. The van der Waals surface area contributed by atoms with Crippen LogP contribution in [0.4, 0.5) is 0 Å². The van der Waals surface area contributed by atoms with Crippen LogP contribution in [0.5, 0.6) is 5.75 Å². The summed E-state index contributed by atoms with van der Waals surface area (Å²) in [5, 5.41) is 1.29. The van der Waals surface area contributed by atoms with Gasteiger partial charge in [0.25, 0.3) is 0 Å². The van der Waals surface area contributed by atoms with Gasteiger partial charge in [0, 0.05) is 11.6 Å². The summed E-state index contributed by atoms with van der Waals surface area (Å²) in [6, 6.07) is 6.65.